The lowest BCUT2D eigenvalue weighted by Gasteiger charge is -2.35. The van der Waals surface area contributed by atoms with Gasteiger partial charge in [-0.05, 0) is 23.6 Å². The Bertz CT molecular complexity index is 508. The van der Waals surface area contributed by atoms with Crippen molar-refractivity contribution in [2.45, 2.75) is 26.7 Å². The van der Waals surface area contributed by atoms with Crippen molar-refractivity contribution < 1.29 is 9.59 Å². The molecule has 0 N–H and O–H groups in total. The van der Waals surface area contributed by atoms with Crippen LogP contribution in [0.15, 0.2) is 22.7 Å². The smallest absolute Gasteiger partial charge is 0.234 e. The molecule has 1 aromatic rings. The number of nitrogens with zero attached hydrogens (tertiary/aromatic N) is 1. The van der Waals surface area contributed by atoms with Gasteiger partial charge >= 0.3 is 0 Å². The first-order valence-electron chi connectivity index (χ1n) is 5.61. The van der Waals surface area contributed by atoms with E-state index in [1.165, 1.54) is 4.90 Å². The molecule has 0 aliphatic carbocycles. The molecule has 2 rings (SSSR count). The fourth-order valence-electron chi connectivity index (χ4n) is 2.10. The average Bonchev–Trinajstić information content (AvgIpc) is 2.20. The minimum atomic E-state index is -0.275. The summed E-state index contributed by atoms with van der Waals surface area (Å²) in [7, 11) is 0. The molecule has 0 aromatic heterocycles. The Labute approximate surface area is 119 Å². The monoisotopic (exact) mass is 329 g/mol. The van der Waals surface area contributed by atoms with Crippen LogP contribution in [0.1, 0.15) is 26.7 Å². The van der Waals surface area contributed by atoms with Gasteiger partial charge in [-0.2, -0.15) is 0 Å². The maximum atomic E-state index is 12.1. The molecule has 96 valence electrons. The van der Waals surface area contributed by atoms with Crippen LogP contribution in [0.25, 0.3) is 0 Å². The molecule has 3 nitrogen and oxygen atoms in total. The highest BCUT2D eigenvalue weighted by Gasteiger charge is 2.38. The van der Waals surface area contributed by atoms with Crippen molar-refractivity contribution in [2.75, 3.05) is 4.90 Å². The molecule has 1 aliphatic heterocycles. The van der Waals surface area contributed by atoms with Gasteiger partial charge in [-0.3, -0.25) is 9.59 Å². The standard InChI is InChI=1S/C13H13BrClNO2/c1-13(2)6-11(17)16(12(18)7-13)10-5-8(14)3-4-9(10)15/h3-5H,6-7H2,1-2H3. The van der Waals surface area contributed by atoms with E-state index in [2.05, 4.69) is 15.9 Å². The van der Waals surface area contributed by atoms with Gasteiger partial charge in [0.05, 0.1) is 10.7 Å². The molecule has 0 atom stereocenters. The fraction of sp³-hybridized carbons (Fsp3) is 0.385. The number of hydrogen-bond acceptors (Lipinski definition) is 2. The molecule has 0 saturated carbocycles. The second-order valence-corrected chi connectivity index (χ2v) is 6.56. The van der Waals surface area contributed by atoms with E-state index < -0.39 is 0 Å². The van der Waals surface area contributed by atoms with Crippen LogP contribution in [0, 0.1) is 5.41 Å². The molecule has 1 aliphatic rings. The number of halogens is 2. The van der Waals surface area contributed by atoms with Gasteiger partial charge in [0.2, 0.25) is 11.8 Å². The van der Waals surface area contributed by atoms with Gasteiger partial charge in [0.15, 0.2) is 0 Å². The number of benzene rings is 1. The zero-order valence-electron chi connectivity index (χ0n) is 10.2. The van der Waals surface area contributed by atoms with Gasteiger partial charge in [0.25, 0.3) is 0 Å². The van der Waals surface area contributed by atoms with Crippen molar-refractivity contribution in [3.05, 3.63) is 27.7 Å². The summed E-state index contributed by atoms with van der Waals surface area (Å²) >= 11 is 9.38. The third-order valence-corrected chi connectivity index (χ3v) is 3.72. The Morgan fingerprint density at radius 2 is 1.78 bits per heavy atom. The lowest BCUT2D eigenvalue weighted by atomic mass is 9.81. The molecule has 5 heteroatoms. The topological polar surface area (TPSA) is 37.4 Å². The largest absolute Gasteiger partial charge is 0.274 e. The fourth-order valence-corrected chi connectivity index (χ4v) is 2.66. The summed E-state index contributed by atoms with van der Waals surface area (Å²) < 4.78 is 0.785. The Morgan fingerprint density at radius 1 is 1.22 bits per heavy atom. The highest BCUT2D eigenvalue weighted by Crippen LogP contribution is 2.37. The number of anilines is 1. The van der Waals surface area contributed by atoms with Crippen LogP contribution in [0.2, 0.25) is 5.02 Å². The molecule has 0 radical (unpaired) electrons. The molecule has 2 amide bonds. The van der Waals surface area contributed by atoms with E-state index in [4.69, 9.17) is 11.6 Å². The van der Waals surface area contributed by atoms with Crippen molar-refractivity contribution in [1.82, 2.24) is 0 Å². The SMILES string of the molecule is CC1(C)CC(=O)N(c2cc(Br)ccc2Cl)C(=O)C1. The third-order valence-electron chi connectivity index (χ3n) is 2.91. The summed E-state index contributed by atoms with van der Waals surface area (Å²) in [5.74, 6) is -0.396. The van der Waals surface area contributed by atoms with Crippen LogP contribution in [-0.2, 0) is 9.59 Å². The molecule has 0 bridgehead atoms. The van der Waals surface area contributed by atoms with Gasteiger partial charge < -0.3 is 0 Å². The van der Waals surface area contributed by atoms with Gasteiger partial charge in [-0.1, -0.05) is 41.4 Å². The van der Waals surface area contributed by atoms with E-state index in [1.807, 2.05) is 13.8 Å². The van der Waals surface area contributed by atoms with Crippen molar-refractivity contribution in [1.29, 1.82) is 0 Å². The second kappa shape index (κ2) is 4.67. The summed E-state index contributed by atoms with van der Waals surface area (Å²) in [6, 6.07) is 5.13. The molecule has 1 aromatic carbocycles. The zero-order chi connectivity index (χ0) is 13.5. The summed E-state index contributed by atoms with van der Waals surface area (Å²) in [4.78, 5) is 25.4. The Hall–Kier alpha value is -0.870. The van der Waals surface area contributed by atoms with E-state index in [1.54, 1.807) is 18.2 Å². The van der Waals surface area contributed by atoms with E-state index >= 15 is 0 Å². The molecule has 18 heavy (non-hydrogen) atoms. The van der Waals surface area contributed by atoms with Crippen LogP contribution in [0.3, 0.4) is 0 Å². The molecule has 1 fully saturated rings. The van der Waals surface area contributed by atoms with Crippen LogP contribution in [0.4, 0.5) is 5.69 Å². The van der Waals surface area contributed by atoms with Crippen molar-refractivity contribution >= 4 is 45.0 Å². The predicted octanol–water partition coefficient (Wildman–Crippen LogP) is 3.78. The first-order valence-corrected chi connectivity index (χ1v) is 6.78. The number of rotatable bonds is 1. The van der Waals surface area contributed by atoms with Crippen LogP contribution in [0.5, 0.6) is 0 Å². The number of hydrogen-bond donors (Lipinski definition) is 0. The summed E-state index contributed by atoms with van der Waals surface area (Å²) in [6.07, 6.45) is 0.698. The predicted molar refractivity (Wildman–Crippen MR) is 74.7 cm³/mol. The van der Waals surface area contributed by atoms with Gasteiger partial charge in [0.1, 0.15) is 0 Å². The number of imide groups is 1. The van der Waals surface area contributed by atoms with Crippen LogP contribution < -0.4 is 4.90 Å². The number of amides is 2. The van der Waals surface area contributed by atoms with E-state index in [0.717, 1.165) is 4.47 Å². The third kappa shape index (κ3) is 2.59. The molecular weight excluding hydrogens is 318 g/mol. The summed E-state index contributed by atoms with van der Waals surface area (Å²) in [5, 5.41) is 0.402. The quantitative estimate of drug-likeness (QED) is 0.735. The van der Waals surface area contributed by atoms with Crippen molar-refractivity contribution in [2.24, 2.45) is 5.41 Å². The first-order chi connectivity index (χ1) is 8.30. The highest BCUT2D eigenvalue weighted by atomic mass is 79.9. The number of carbonyl (C=O) groups is 2. The molecule has 0 spiro atoms. The van der Waals surface area contributed by atoms with Gasteiger partial charge in [-0.25, -0.2) is 4.90 Å². The normalized spacial score (nSPS) is 19.2. The maximum absolute atomic E-state index is 12.1. The molecule has 1 saturated heterocycles. The van der Waals surface area contributed by atoms with Gasteiger partial charge in [-0.15, -0.1) is 0 Å². The van der Waals surface area contributed by atoms with Crippen molar-refractivity contribution in [3.8, 4) is 0 Å². The Balaban J connectivity index is 2.42. The minimum Gasteiger partial charge on any atom is -0.274 e. The number of carbonyl (C=O) groups excluding carboxylic acids is 2. The van der Waals surface area contributed by atoms with E-state index in [-0.39, 0.29) is 17.2 Å². The minimum absolute atomic E-state index is 0.198. The lowest BCUT2D eigenvalue weighted by Crippen LogP contribution is -2.46. The zero-order valence-corrected chi connectivity index (χ0v) is 12.5. The Kier molecular flexibility index (Phi) is 3.52. The average molecular weight is 331 g/mol. The molecule has 1 heterocycles. The molecular formula is C13H13BrClNO2. The van der Waals surface area contributed by atoms with Crippen LogP contribution in [-0.4, -0.2) is 11.8 Å². The summed E-state index contributed by atoms with van der Waals surface area (Å²) in [5.41, 5.74) is 0.180. The first kappa shape index (κ1) is 13.6. The Morgan fingerprint density at radius 3 is 2.33 bits per heavy atom. The second-order valence-electron chi connectivity index (χ2n) is 5.24. The maximum Gasteiger partial charge on any atom is 0.234 e. The van der Waals surface area contributed by atoms with Gasteiger partial charge in [0, 0.05) is 17.3 Å². The molecule has 0 unspecified atom stereocenters. The lowest BCUT2D eigenvalue weighted by molar-refractivity contribution is -0.132. The summed E-state index contributed by atoms with van der Waals surface area (Å²) in [6.45, 7) is 3.84. The highest BCUT2D eigenvalue weighted by molar-refractivity contribution is 9.10. The van der Waals surface area contributed by atoms with E-state index in [0.29, 0.717) is 23.6 Å². The van der Waals surface area contributed by atoms with Crippen LogP contribution >= 0.6 is 27.5 Å². The van der Waals surface area contributed by atoms with E-state index in [9.17, 15) is 9.59 Å². The number of piperidine rings is 1. The van der Waals surface area contributed by atoms with Crippen molar-refractivity contribution in [3.63, 3.8) is 0 Å².